The monoisotopic (exact) mass is 286 g/mol. The minimum absolute atomic E-state index is 0.0952. The summed E-state index contributed by atoms with van der Waals surface area (Å²) in [5.41, 5.74) is -2.18. The van der Waals surface area contributed by atoms with Crippen molar-refractivity contribution < 1.29 is 19.8 Å². The highest BCUT2D eigenvalue weighted by Crippen LogP contribution is 2.41. The van der Waals surface area contributed by atoms with Gasteiger partial charge in [-0.25, -0.2) is 9.59 Å². The van der Waals surface area contributed by atoms with Gasteiger partial charge in [0.25, 0.3) is 0 Å². The zero-order valence-electron chi connectivity index (χ0n) is 12.9. The number of aliphatic hydroxyl groups is 1. The Kier molecular flexibility index (Phi) is 4.69. The summed E-state index contributed by atoms with van der Waals surface area (Å²) in [7, 11) is 0. The van der Waals surface area contributed by atoms with Crippen LogP contribution in [0.4, 0.5) is 4.79 Å². The summed E-state index contributed by atoms with van der Waals surface area (Å²) in [6, 6.07) is -0.957. The highest BCUT2D eigenvalue weighted by atomic mass is 16.4. The van der Waals surface area contributed by atoms with E-state index in [0.29, 0.717) is 12.5 Å². The molecule has 2 atom stereocenters. The van der Waals surface area contributed by atoms with Crippen molar-refractivity contribution in [2.45, 2.75) is 64.6 Å². The Morgan fingerprint density at radius 3 is 2.30 bits per heavy atom. The summed E-state index contributed by atoms with van der Waals surface area (Å²) in [5, 5.41) is 21.8. The second-order valence-electron chi connectivity index (χ2n) is 7.01. The third-order valence-electron chi connectivity index (χ3n) is 3.33. The molecule has 0 aromatic heterocycles. The second-order valence-corrected chi connectivity index (χ2v) is 7.01. The second kappa shape index (κ2) is 5.60. The van der Waals surface area contributed by atoms with Gasteiger partial charge in [0, 0.05) is 18.5 Å². The number of urea groups is 1. The summed E-state index contributed by atoms with van der Waals surface area (Å²) < 4.78 is 0. The molecule has 0 aromatic carbocycles. The van der Waals surface area contributed by atoms with Crippen LogP contribution < -0.4 is 5.32 Å². The van der Waals surface area contributed by atoms with E-state index in [1.165, 1.54) is 4.90 Å². The number of rotatable bonds is 5. The summed E-state index contributed by atoms with van der Waals surface area (Å²) in [6.45, 7) is 10.1. The molecule has 1 fully saturated rings. The van der Waals surface area contributed by atoms with Crippen molar-refractivity contribution in [3.05, 3.63) is 0 Å². The maximum Gasteiger partial charge on any atom is 0.337 e. The molecular formula is C14H26N2O4. The van der Waals surface area contributed by atoms with Crippen LogP contribution in [-0.2, 0) is 4.79 Å². The SMILES string of the molecule is CC(C)CCN(C(=O)NC(C)(C)C)C1CC1(O)C(=O)O. The van der Waals surface area contributed by atoms with Crippen molar-refractivity contribution in [3.8, 4) is 0 Å². The number of hydrogen-bond donors (Lipinski definition) is 3. The molecular weight excluding hydrogens is 260 g/mol. The number of carboxylic acids is 1. The van der Waals surface area contributed by atoms with Gasteiger partial charge >= 0.3 is 12.0 Å². The van der Waals surface area contributed by atoms with Crippen LogP contribution in [0.2, 0.25) is 0 Å². The van der Waals surface area contributed by atoms with E-state index >= 15 is 0 Å². The van der Waals surface area contributed by atoms with Gasteiger partial charge in [-0.2, -0.15) is 0 Å². The summed E-state index contributed by atoms with van der Waals surface area (Å²) >= 11 is 0. The van der Waals surface area contributed by atoms with Crippen molar-refractivity contribution >= 4 is 12.0 Å². The summed E-state index contributed by atoms with van der Waals surface area (Å²) in [6.07, 6.45) is 0.863. The van der Waals surface area contributed by atoms with E-state index in [-0.39, 0.29) is 12.5 Å². The van der Waals surface area contributed by atoms with Crippen molar-refractivity contribution in [3.63, 3.8) is 0 Å². The van der Waals surface area contributed by atoms with Gasteiger partial charge in [0.2, 0.25) is 0 Å². The lowest BCUT2D eigenvalue weighted by molar-refractivity contribution is -0.150. The minimum Gasteiger partial charge on any atom is -0.479 e. The molecule has 116 valence electrons. The van der Waals surface area contributed by atoms with Crippen LogP contribution >= 0.6 is 0 Å². The van der Waals surface area contributed by atoms with Crippen LogP contribution in [0.5, 0.6) is 0 Å². The Morgan fingerprint density at radius 1 is 1.40 bits per heavy atom. The van der Waals surface area contributed by atoms with Gasteiger partial charge < -0.3 is 20.4 Å². The van der Waals surface area contributed by atoms with Crippen LogP contribution in [0.3, 0.4) is 0 Å². The van der Waals surface area contributed by atoms with Crippen LogP contribution in [0.1, 0.15) is 47.5 Å². The molecule has 1 saturated carbocycles. The van der Waals surface area contributed by atoms with Gasteiger partial charge in [-0.15, -0.1) is 0 Å². The lowest BCUT2D eigenvalue weighted by Gasteiger charge is -2.29. The standard InChI is InChI=1S/C14H26N2O4/c1-9(2)6-7-16(12(19)15-13(3,4)5)10-8-14(10,20)11(17)18/h9-10,20H,6-8H2,1-5H3,(H,15,19)(H,17,18). The fraction of sp³-hybridized carbons (Fsp3) is 0.857. The zero-order chi connectivity index (χ0) is 15.7. The van der Waals surface area contributed by atoms with Gasteiger partial charge in [0.05, 0.1) is 6.04 Å². The Balaban J connectivity index is 2.77. The Bertz CT molecular complexity index is 389. The number of nitrogens with zero attached hydrogens (tertiary/aromatic N) is 1. The van der Waals surface area contributed by atoms with Gasteiger partial charge in [0.15, 0.2) is 5.60 Å². The van der Waals surface area contributed by atoms with Gasteiger partial charge in [0.1, 0.15) is 0 Å². The number of hydrogen-bond acceptors (Lipinski definition) is 3. The molecule has 2 amide bonds. The van der Waals surface area contributed by atoms with Crippen molar-refractivity contribution in [1.82, 2.24) is 10.2 Å². The first-order valence-corrected chi connectivity index (χ1v) is 7.02. The van der Waals surface area contributed by atoms with E-state index in [0.717, 1.165) is 6.42 Å². The minimum atomic E-state index is -1.79. The molecule has 0 aliphatic heterocycles. The van der Waals surface area contributed by atoms with E-state index < -0.39 is 23.2 Å². The van der Waals surface area contributed by atoms with E-state index in [2.05, 4.69) is 5.32 Å². The molecule has 20 heavy (non-hydrogen) atoms. The molecule has 0 bridgehead atoms. The van der Waals surface area contributed by atoms with Gasteiger partial charge in [-0.05, 0) is 33.1 Å². The maximum absolute atomic E-state index is 12.3. The number of aliphatic carboxylic acids is 1. The Morgan fingerprint density at radius 2 is 1.95 bits per heavy atom. The van der Waals surface area contributed by atoms with E-state index in [4.69, 9.17) is 5.11 Å². The van der Waals surface area contributed by atoms with Crippen molar-refractivity contribution in [2.24, 2.45) is 5.92 Å². The van der Waals surface area contributed by atoms with Crippen LogP contribution in [0.25, 0.3) is 0 Å². The fourth-order valence-electron chi connectivity index (χ4n) is 2.02. The van der Waals surface area contributed by atoms with Crippen LogP contribution in [-0.4, -0.2) is 50.8 Å². The number of amides is 2. The summed E-state index contributed by atoms with van der Waals surface area (Å²) in [4.78, 5) is 24.8. The predicted octanol–water partition coefficient (Wildman–Crippen LogP) is 1.43. The highest BCUT2D eigenvalue weighted by molar-refractivity contribution is 5.85. The number of carbonyl (C=O) groups is 2. The van der Waals surface area contributed by atoms with E-state index in [1.807, 2.05) is 34.6 Å². The first kappa shape index (κ1) is 16.8. The normalized spacial score (nSPS) is 25.4. The molecule has 1 aliphatic carbocycles. The molecule has 6 heteroatoms. The third kappa shape index (κ3) is 4.10. The number of carbonyl (C=O) groups excluding carboxylic acids is 1. The lowest BCUT2D eigenvalue weighted by atomic mass is 10.1. The first-order chi connectivity index (χ1) is 8.97. The van der Waals surface area contributed by atoms with Crippen molar-refractivity contribution in [1.29, 1.82) is 0 Å². The Labute approximate surface area is 120 Å². The molecule has 1 rings (SSSR count). The average molecular weight is 286 g/mol. The molecule has 1 aliphatic rings. The Hall–Kier alpha value is -1.30. The average Bonchev–Trinajstić information content (AvgIpc) is 2.89. The lowest BCUT2D eigenvalue weighted by Crippen LogP contribution is -2.51. The maximum atomic E-state index is 12.3. The smallest absolute Gasteiger partial charge is 0.337 e. The van der Waals surface area contributed by atoms with Crippen molar-refractivity contribution in [2.75, 3.05) is 6.54 Å². The third-order valence-corrected chi connectivity index (χ3v) is 3.33. The molecule has 6 nitrogen and oxygen atoms in total. The molecule has 2 unspecified atom stereocenters. The predicted molar refractivity (Wildman–Crippen MR) is 75.4 cm³/mol. The fourth-order valence-corrected chi connectivity index (χ4v) is 2.02. The topological polar surface area (TPSA) is 89.9 Å². The van der Waals surface area contributed by atoms with Gasteiger partial charge in [-0.3, -0.25) is 0 Å². The largest absolute Gasteiger partial charge is 0.479 e. The zero-order valence-corrected chi connectivity index (χ0v) is 12.9. The molecule has 0 aromatic rings. The highest BCUT2D eigenvalue weighted by Gasteiger charge is 2.63. The first-order valence-electron chi connectivity index (χ1n) is 7.02. The molecule has 0 radical (unpaired) electrons. The van der Waals surface area contributed by atoms with E-state index in [9.17, 15) is 14.7 Å². The van der Waals surface area contributed by atoms with Gasteiger partial charge in [-0.1, -0.05) is 13.8 Å². The molecule has 0 spiro atoms. The molecule has 0 heterocycles. The molecule has 0 saturated heterocycles. The van der Waals surface area contributed by atoms with Crippen LogP contribution in [0.15, 0.2) is 0 Å². The van der Waals surface area contributed by atoms with Crippen LogP contribution in [0, 0.1) is 5.92 Å². The quantitative estimate of drug-likeness (QED) is 0.713. The molecule has 3 N–H and O–H groups in total. The number of nitrogens with one attached hydrogen (secondary N) is 1. The summed E-state index contributed by atoms with van der Waals surface area (Å²) in [5.74, 6) is -0.864. The van der Waals surface area contributed by atoms with E-state index in [1.54, 1.807) is 0 Å². The number of carboxylic acid groups (broad SMARTS) is 1.